The van der Waals surface area contributed by atoms with Gasteiger partial charge in [-0.25, -0.2) is 14.4 Å². The molecule has 8 heteroatoms. The number of rotatable bonds is 3. The number of aryl methyl sites for hydroxylation is 1. The van der Waals surface area contributed by atoms with Crippen LogP contribution in [0.3, 0.4) is 0 Å². The summed E-state index contributed by atoms with van der Waals surface area (Å²) in [5.74, 6) is 0.852. The second-order valence-corrected chi connectivity index (χ2v) is 6.92. The van der Waals surface area contributed by atoms with Gasteiger partial charge < -0.3 is 9.88 Å². The molecule has 24 heavy (non-hydrogen) atoms. The maximum atomic E-state index is 13.3. The van der Waals surface area contributed by atoms with Gasteiger partial charge in [0.25, 0.3) is 0 Å². The zero-order chi connectivity index (χ0) is 15.8. The summed E-state index contributed by atoms with van der Waals surface area (Å²) in [5, 5.41) is 4.46. The van der Waals surface area contributed by atoms with Crippen LogP contribution in [0, 0.1) is 5.82 Å². The fraction of sp³-hybridized carbons (Fsp3) is 0.375. The molecule has 1 saturated heterocycles. The van der Waals surface area contributed by atoms with Gasteiger partial charge in [-0.15, -0.1) is 23.7 Å². The maximum Gasteiger partial charge on any atom is 0.127 e. The highest BCUT2D eigenvalue weighted by molar-refractivity contribution is 7.18. The van der Waals surface area contributed by atoms with E-state index in [-0.39, 0.29) is 24.3 Å². The molecule has 0 saturated carbocycles. The molecule has 4 rings (SSSR count). The molecular formula is C16H19ClFN5S. The first-order chi connectivity index (χ1) is 11.2. The van der Waals surface area contributed by atoms with E-state index in [2.05, 4.69) is 24.8 Å². The number of halogens is 2. The Kier molecular flexibility index (Phi) is 5.15. The van der Waals surface area contributed by atoms with Crippen molar-refractivity contribution in [1.82, 2.24) is 24.8 Å². The van der Waals surface area contributed by atoms with Crippen LogP contribution in [0.2, 0.25) is 0 Å². The Labute approximate surface area is 149 Å². The van der Waals surface area contributed by atoms with E-state index < -0.39 is 0 Å². The van der Waals surface area contributed by atoms with Gasteiger partial charge in [-0.2, -0.15) is 0 Å². The molecule has 1 N–H and O–H groups in total. The van der Waals surface area contributed by atoms with E-state index in [9.17, 15) is 4.39 Å². The largest absolute Gasteiger partial charge is 0.337 e. The van der Waals surface area contributed by atoms with Gasteiger partial charge >= 0.3 is 0 Å². The minimum absolute atomic E-state index is 0. The summed E-state index contributed by atoms with van der Waals surface area (Å²) in [4.78, 5) is 11.5. The van der Waals surface area contributed by atoms with Crippen LogP contribution in [0.15, 0.2) is 30.6 Å². The van der Waals surface area contributed by atoms with Gasteiger partial charge in [-0.1, -0.05) is 0 Å². The fourth-order valence-electron chi connectivity index (χ4n) is 3.08. The monoisotopic (exact) mass is 367 g/mol. The number of fused-ring (bicyclic) bond motifs is 1. The van der Waals surface area contributed by atoms with Gasteiger partial charge in [0.15, 0.2) is 0 Å². The van der Waals surface area contributed by atoms with Gasteiger partial charge in [0, 0.05) is 39.1 Å². The third-order valence-corrected chi connectivity index (χ3v) is 5.25. The van der Waals surface area contributed by atoms with E-state index in [0.29, 0.717) is 0 Å². The second kappa shape index (κ2) is 7.14. The molecule has 5 nitrogen and oxygen atoms in total. The number of thiazole rings is 1. The smallest absolute Gasteiger partial charge is 0.127 e. The van der Waals surface area contributed by atoms with Crippen LogP contribution in [0.4, 0.5) is 4.39 Å². The Morgan fingerprint density at radius 2 is 2.29 bits per heavy atom. The molecule has 128 valence electrons. The standard InChI is InChI=1S/C16H18FN5S.ClH/c1-21-6-5-19-16(21)13-9-18-4-7-22(13)10-15-20-12-3-2-11(17)8-14(12)23-15;/h2-3,5-6,8,13,18H,4,7,9-10H2,1H3;1H. The Morgan fingerprint density at radius 1 is 1.42 bits per heavy atom. The minimum Gasteiger partial charge on any atom is -0.337 e. The van der Waals surface area contributed by atoms with Crippen molar-refractivity contribution in [3.63, 3.8) is 0 Å². The van der Waals surface area contributed by atoms with Gasteiger partial charge in [-0.05, 0) is 18.2 Å². The number of nitrogens with zero attached hydrogens (tertiary/aromatic N) is 4. The van der Waals surface area contributed by atoms with Crippen molar-refractivity contribution in [2.75, 3.05) is 19.6 Å². The average molecular weight is 368 g/mol. The van der Waals surface area contributed by atoms with Crippen molar-refractivity contribution in [1.29, 1.82) is 0 Å². The maximum absolute atomic E-state index is 13.3. The number of hydrogen-bond donors (Lipinski definition) is 1. The molecule has 0 amide bonds. The van der Waals surface area contributed by atoms with Crippen molar-refractivity contribution < 1.29 is 4.39 Å². The van der Waals surface area contributed by atoms with Gasteiger partial charge in [0.2, 0.25) is 0 Å². The molecule has 1 atom stereocenters. The third-order valence-electron chi connectivity index (χ3n) is 4.24. The van der Waals surface area contributed by atoms with Crippen LogP contribution in [0.1, 0.15) is 16.9 Å². The molecule has 3 aromatic rings. The summed E-state index contributed by atoms with van der Waals surface area (Å²) in [6.07, 6.45) is 3.81. The Balaban J connectivity index is 0.00000169. The molecule has 0 aliphatic carbocycles. The number of piperazine rings is 1. The molecule has 2 aromatic heterocycles. The van der Waals surface area contributed by atoms with E-state index in [1.807, 2.05) is 19.4 Å². The summed E-state index contributed by atoms with van der Waals surface area (Å²) < 4.78 is 16.3. The molecule has 0 spiro atoms. The van der Waals surface area contributed by atoms with Gasteiger partial charge in [0.05, 0.1) is 22.8 Å². The van der Waals surface area contributed by atoms with Gasteiger partial charge in [0.1, 0.15) is 16.6 Å². The average Bonchev–Trinajstić information content (AvgIpc) is 3.13. The Morgan fingerprint density at radius 3 is 3.08 bits per heavy atom. The molecule has 0 bridgehead atoms. The van der Waals surface area contributed by atoms with Crippen molar-refractivity contribution in [2.24, 2.45) is 7.05 Å². The topological polar surface area (TPSA) is 46.0 Å². The number of nitrogens with one attached hydrogen (secondary N) is 1. The van der Waals surface area contributed by atoms with Crippen molar-refractivity contribution in [2.45, 2.75) is 12.6 Å². The summed E-state index contributed by atoms with van der Waals surface area (Å²) in [6.45, 7) is 3.55. The summed E-state index contributed by atoms with van der Waals surface area (Å²) in [5.41, 5.74) is 0.870. The number of benzene rings is 1. The number of aromatic nitrogens is 3. The lowest BCUT2D eigenvalue weighted by atomic mass is 10.2. The fourth-order valence-corrected chi connectivity index (χ4v) is 4.09. The first kappa shape index (κ1) is 17.3. The lowest BCUT2D eigenvalue weighted by Gasteiger charge is -2.35. The van der Waals surface area contributed by atoms with Crippen molar-refractivity contribution in [3.05, 3.63) is 47.2 Å². The van der Waals surface area contributed by atoms with Crippen LogP contribution in [0.25, 0.3) is 10.2 Å². The SMILES string of the molecule is Cl.Cn1ccnc1C1CNCCN1Cc1nc2ccc(F)cc2s1. The quantitative estimate of drug-likeness (QED) is 0.773. The molecule has 1 aromatic carbocycles. The summed E-state index contributed by atoms with van der Waals surface area (Å²) in [7, 11) is 2.02. The van der Waals surface area contributed by atoms with Crippen molar-refractivity contribution >= 4 is 34.0 Å². The minimum atomic E-state index is -0.208. The van der Waals surface area contributed by atoms with E-state index >= 15 is 0 Å². The number of imidazole rings is 1. The highest BCUT2D eigenvalue weighted by Gasteiger charge is 2.27. The van der Waals surface area contributed by atoms with Crippen molar-refractivity contribution in [3.8, 4) is 0 Å². The molecule has 0 radical (unpaired) electrons. The molecule has 1 aliphatic rings. The Bertz CT molecular complexity index is 833. The normalized spacial score (nSPS) is 18.7. The lowest BCUT2D eigenvalue weighted by molar-refractivity contribution is 0.144. The van der Waals surface area contributed by atoms with E-state index in [4.69, 9.17) is 0 Å². The predicted molar refractivity (Wildman–Crippen MR) is 96.1 cm³/mol. The van der Waals surface area contributed by atoms with E-state index in [1.165, 1.54) is 6.07 Å². The second-order valence-electron chi connectivity index (χ2n) is 5.81. The van der Waals surface area contributed by atoms with Crippen LogP contribution in [0.5, 0.6) is 0 Å². The Hall–Kier alpha value is -1.54. The molecular weight excluding hydrogens is 349 g/mol. The first-order valence-electron chi connectivity index (χ1n) is 7.67. The summed E-state index contributed by atoms with van der Waals surface area (Å²) in [6, 6.07) is 5.00. The van der Waals surface area contributed by atoms with E-state index in [1.54, 1.807) is 23.5 Å². The number of hydrogen-bond acceptors (Lipinski definition) is 5. The molecule has 1 aliphatic heterocycles. The van der Waals surface area contributed by atoms with Crippen LogP contribution in [-0.4, -0.2) is 39.1 Å². The highest BCUT2D eigenvalue weighted by Crippen LogP contribution is 2.27. The zero-order valence-electron chi connectivity index (χ0n) is 13.3. The first-order valence-corrected chi connectivity index (χ1v) is 8.49. The zero-order valence-corrected chi connectivity index (χ0v) is 14.9. The lowest BCUT2D eigenvalue weighted by Crippen LogP contribution is -2.46. The predicted octanol–water partition coefficient (Wildman–Crippen LogP) is 2.74. The van der Waals surface area contributed by atoms with Crippen LogP contribution >= 0.6 is 23.7 Å². The molecule has 1 unspecified atom stereocenters. The third kappa shape index (κ3) is 3.30. The summed E-state index contributed by atoms with van der Waals surface area (Å²) >= 11 is 1.57. The van der Waals surface area contributed by atoms with Gasteiger partial charge in [-0.3, -0.25) is 4.90 Å². The van der Waals surface area contributed by atoms with Crippen LogP contribution in [-0.2, 0) is 13.6 Å². The van der Waals surface area contributed by atoms with E-state index in [0.717, 1.165) is 47.2 Å². The molecule has 3 heterocycles. The highest BCUT2D eigenvalue weighted by atomic mass is 35.5. The van der Waals surface area contributed by atoms with Crippen LogP contribution < -0.4 is 5.32 Å². The molecule has 1 fully saturated rings.